The summed E-state index contributed by atoms with van der Waals surface area (Å²) >= 11 is 0. The highest BCUT2D eigenvalue weighted by Crippen LogP contribution is 2.33. The van der Waals surface area contributed by atoms with Crippen LogP contribution in [0.2, 0.25) is 0 Å². The first-order chi connectivity index (χ1) is 15.8. The van der Waals surface area contributed by atoms with Crippen LogP contribution in [0.1, 0.15) is 80.9 Å². The maximum absolute atomic E-state index is 13.4. The summed E-state index contributed by atoms with van der Waals surface area (Å²) in [6, 6.07) is 4.55. The Balaban J connectivity index is 2.07. The number of hydrogen-bond donors (Lipinski definition) is 1. The minimum absolute atomic E-state index is 0.0498. The predicted molar refractivity (Wildman–Crippen MR) is 123 cm³/mol. The first-order valence-electron chi connectivity index (χ1n) is 11.7. The van der Waals surface area contributed by atoms with Gasteiger partial charge in [-0.2, -0.15) is 18.2 Å². The van der Waals surface area contributed by atoms with E-state index >= 15 is 0 Å². The van der Waals surface area contributed by atoms with Crippen LogP contribution < -0.4 is 10.2 Å². The zero-order chi connectivity index (χ0) is 25.3. The molecule has 1 aliphatic carbocycles. The number of carbonyl (C=O) groups is 1. The lowest BCUT2D eigenvalue weighted by Gasteiger charge is -2.19. The van der Waals surface area contributed by atoms with E-state index in [4.69, 9.17) is 4.74 Å². The molecule has 0 spiro atoms. The van der Waals surface area contributed by atoms with Crippen LogP contribution in [-0.4, -0.2) is 32.6 Å². The molecule has 1 aliphatic rings. The molecule has 0 atom stereocenters. The first-order valence-corrected chi connectivity index (χ1v) is 11.7. The van der Waals surface area contributed by atoms with Gasteiger partial charge in [0.25, 0.3) is 5.91 Å². The number of benzene rings is 1. The van der Waals surface area contributed by atoms with Crippen molar-refractivity contribution in [2.75, 3.05) is 6.61 Å². The number of hydrogen-bond acceptors (Lipinski definition) is 3. The number of ether oxygens (including phenoxy) is 1. The normalized spacial score (nSPS) is 16.0. The average Bonchev–Trinajstić information content (AvgIpc) is 3.34. The van der Waals surface area contributed by atoms with Gasteiger partial charge in [0.2, 0.25) is 0 Å². The van der Waals surface area contributed by atoms with E-state index in [1.54, 1.807) is 0 Å². The number of rotatable bonds is 7. The first kappa shape index (κ1) is 26.1. The highest BCUT2D eigenvalue weighted by molar-refractivity contribution is 5.97. The standard InChI is InChI=1S/C25H34F3N3O3/c1-16(2)20-13-22(31(30(20)5)14-17-8-6-7-9-17)29-23(32)19-12-18(25(26,27)28)10-11-21(19)34-15-24(3,4)33/h10-13,16-17,33H,6-9,14-15H2,1-5H3/b29-22+. The third-order valence-electron chi connectivity index (χ3n) is 6.11. The molecule has 34 heavy (non-hydrogen) atoms. The summed E-state index contributed by atoms with van der Waals surface area (Å²) in [5, 5.41) is 9.97. The van der Waals surface area contributed by atoms with Crippen LogP contribution in [0.4, 0.5) is 13.2 Å². The molecule has 1 aromatic heterocycles. The molecule has 188 valence electrons. The van der Waals surface area contributed by atoms with Crippen LogP contribution >= 0.6 is 0 Å². The van der Waals surface area contributed by atoms with Gasteiger partial charge in [-0.3, -0.25) is 14.2 Å². The van der Waals surface area contributed by atoms with Crippen LogP contribution in [0, 0.1) is 5.92 Å². The summed E-state index contributed by atoms with van der Waals surface area (Å²) in [6.45, 7) is 7.59. The van der Waals surface area contributed by atoms with Gasteiger partial charge in [-0.05, 0) is 56.7 Å². The third-order valence-corrected chi connectivity index (χ3v) is 6.11. The smallest absolute Gasteiger partial charge is 0.416 e. The van der Waals surface area contributed by atoms with Crippen molar-refractivity contribution in [3.8, 4) is 5.75 Å². The van der Waals surface area contributed by atoms with Crippen LogP contribution in [0.15, 0.2) is 29.3 Å². The predicted octanol–water partition coefficient (Wildman–Crippen LogP) is 5.05. The fraction of sp³-hybridized carbons (Fsp3) is 0.600. The van der Waals surface area contributed by atoms with E-state index in [1.807, 2.05) is 36.3 Å². The third kappa shape index (κ3) is 6.31. The summed E-state index contributed by atoms with van der Waals surface area (Å²) in [7, 11) is 1.91. The number of aliphatic hydroxyl groups is 1. The monoisotopic (exact) mass is 481 g/mol. The van der Waals surface area contributed by atoms with E-state index in [2.05, 4.69) is 4.99 Å². The number of nitrogens with zero attached hydrogens (tertiary/aromatic N) is 3. The van der Waals surface area contributed by atoms with Crippen molar-refractivity contribution in [3.05, 3.63) is 46.6 Å². The van der Waals surface area contributed by atoms with Gasteiger partial charge in [-0.25, -0.2) is 0 Å². The van der Waals surface area contributed by atoms with Gasteiger partial charge in [0.1, 0.15) is 12.4 Å². The molecule has 0 radical (unpaired) electrons. The van der Waals surface area contributed by atoms with Gasteiger partial charge in [0.05, 0.1) is 16.7 Å². The van der Waals surface area contributed by atoms with Gasteiger partial charge in [0, 0.05) is 25.4 Å². The Labute approximate surface area is 198 Å². The zero-order valence-corrected chi connectivity index (χ0v) is 20.4. The van der Waals surface area contributed by atoms with E-state index in [1.165, 1.54) is 26.7 Å². The summed E-state index contributed by atoms with van der Waals surface area (Å²) < 4.78 is 49.6. The van der Waals surface area contributed by atoms with Crippen molar-refractivity contribution in [3.63, 3.8) is 0 Å². The molecule has 0 unspecified atom stereocenters. The van der Waals surface area contributed by atoms with E-state index in [9.17, 15) is 23.1 Å². The molecule has 0 saturated heterocycles. The molecule has 1 fully saturated rings. The second-order valence-electron chi connectivity index (χ2n) is 10.1. The molecule has 0 bridgehead atoms. The van der Waals surface area contributed by atoms with Crippen molar-refractivity contribution in [2.24, 2.45) is 18.0 Å². The lowest BCUT2D eigenvalue weighted by Crippen LogP contribution is -2.29. The van der Waals surface area contributed by atoms with Crippen LogP contribution in [0.3, 0.4) is 0 Å². The summed E-state index contributed by atoms with van der Waals surface area (Å²) in [6.07, 6.45) is -0.0749. The molecule has 3 rings (SSSR count). The van der Waals surface area contributed by atoms with Gasteiger partial charge in [0.15, 0.2) is 5.49 Å². The lowest BCUT2D eigenvalue weighted by molar-refractivity contribution is -0.137. The molecule has 1 N–H and O–H groups in total. The number of amides is 1. The number of alkyl halides is 3. The Morgan fingerprint density at radius 2 is 1.85 bits per heavy atom. The molecule has 1 saturated carbocycles. The minimum Gasteiger partial charge on any atom is -0.490 e. The van der Waals surface area contributed by atoms with E-state index in [-0.39, 0.29) is 23.8 Å². The second-order valence-corrected chi connectivity index (χ2v) is 10.1. The molecule has 2 aromatic rings. The zero-order valence-electron chi connectivity index (χ0n) is 20.4. The largest absolute Gasteiger partial charge is 0.490 e. The van der Waals surface area contributed by atoms with E-state index in [0.717, 1.165) is 36.7 Å². The van der Waals surface area contributed by atoms with Crippen LogP contribution in [0.5, 0.6) is 5.75 Å². The number of aromatic nitrogens is 2. The maximum atomic E-state index is 13.4. The highest BCUT2D eigenvalue weighted by Gasteiger charge is 2.32. The van der Waals surface area contributed by atoms with E-state index < -0.39 is 23.2 Å². The highest BCUT2D eigenvalue weighted by atomic mass is 19.4. The Bertz CT molecular complexity index is 1090. The molecule has 0 aliphatic heterocycles. The quantitative estimate of drug-likeness (QED) is 0.602. The Morgan fingerprint density at radius 3 is 2.41 bits per heavy atom. The summed E-state index contributed by atoms with van der Waals surface area (Å²) in [5.41, 5.74) is -1.09. The van der Waals surface area contributed by atoms with Gasteiger partial charge in [-0.15, -0.1) is 0 Å². The number of carbonyl (C=O) groups excluding carboxylic acids is 1. The maximum Gasteiger partial charge on any atom is 0.416 e. The summed E-state index contributed by atoms with van der Waals surface area (Å²) in [5.74, 6) is -0.218. The van der Waals surface area contributed by atoms with Crippen molar-refractivity contribution in [1.82, 2.24) is 9.36 Å². The fourth-order valence-electron chi connectivity index (χ4n) is 4.30. The Hall–Kier alpha value is -2.55. The van der Waals surface area contributed by atoms with Crippen molar-refractivity contribution in [2.45, 2.75) is 77.6 Å². The minimum atomic E-state index is -4.62. The van der Waals surface area contributed by atoms with Gasteiger partial charge >= 0.3 is 6.18 Å². The molecule has 6 nitrogen and oxygen atoms in total. The van der Waals surface area contributed by atoms with Crippen molar-refractivity contribution >= 4 is 5.91 Å². The fourth-order valence-corrected chi connectivity index (χ4v) is 4.30. The molecule has 1 amide bonds. The van der Waals surface area contributed by atoms with Crippen LogP contribution in [0.25, 0.3) is 0 Å². The topological polar surface area (TPSA) is 68.8 Å². The second kappa shape index (κ2) is 9.98. The van der Waals surface area contributed by atoms with Gasteiger partial charge in [-0.1, -0.05) is 26.7 Å². The van der Waals surface area contributed by atoms with Crippen molar-refractivity contribution < 1.29 is 27.8 Å². The molecular weight excluding hydrogens is 447 g/mol. The molecule has 9 heteroatoms. The Morgan fingerprint density at radius 1 is 1.21 bits per heavy atom. The SMILES string of the molecule is CC(C)c1c/c(=N\C(=O)c2cc(C(F)(F)F)ccc2OCC(C)(C)O)n(CC2CCCC2)n1C. The lowest BCUT2D eigenvalue weighted by atomic mass is 10.1. The summed E-state index contributed by atoms with van der Waals surface area (Å²) in [4.78, 5) is 17.5. The number of halogens is 3. The van der Waals surface area contributed by atoms with Crippen LogP contribution in [-0.2, 0) is 19.8 Å². The molecule has 1 aromatic carbocycles. The Kier molecular flexibility index (Phi) is 7.65. The van der Waals surface area contributed by atoms with E-state index in [0.29, 0.717) is 18.0 Å². The van der Waals surface area contributed by atoms with Gasteiger partial charge < -0.3 is 9.84 Å². The average molecular weight is 482 g/mol. The van der Waals surface area contributed by atoms with Crippen molar-refractivity contribution in [1.29, 1.82) is 0 Å². The molecular formula is C25H34F3N3O3. The molecule has 1 heterocycles.